The van der Waals surface area contributed by atoms with E-state index in [9.17, 15) is 13.6 Å². The number of halogens is 2. The lowest BCUT2D eigenvalue weighted by Gasteiger charge is -2.11. The van der Waals surface area contributed by atoms with Crippen LogP contribution in [0.5, 0.6) is 11.5 Å². The summed E-state index contributed by atoms with van der Waals surface area (Å²) in [5.41, 5.74) is 0.216. The average molecular weight is 361 g/mol. The highest BCUT2D eigenvalue weighted by atomic mass is 19.1. The summed E-state index contributed by atoms with van der Waals surface area (Å²) in [4.78, 5) is 11.9. The van der Waals surface area contributed by atoms with Crippen LogP contribution < -0.4 is 14.8 Å². The van der Waals surface area contributed by atoms with Crippen molar-refractivity contribution in [1.82, 2.24) is 0 Å². The van der Waals surface area contributed by atoms with Crippen molar-refractivity contribution in [2.75, 3.05) is 19.0 Å². The number of unbranched alkanes of at least 4 members (excludes halogenated alkanes) is 1. The molecular weight excluding hydrogens is 340 g/mol. The molecule has 2 aromatic rings. The molecule has 4 nitrogen and oxygen atoms in total. The van der Waals surface area contributed by atoms with Gasteiger partial charge >= 0.3 is 0 Å². The minimum absolute atomic E-state index is 0.473. The molecule has 0 radical (unpaired) electrons. The normalized spacial score (nSPS) is 10.8. The fourth-order valence-corrected chi connectivity index (χ4v) is 2.19. The standard InChI is InChI=1S/C20H21F2NO3/c1-3-4-12-26-17-10-8-14(13-18(17)25-2)9-11-19(24)23-20-15(21)6-5-7-16(20)22/h5-11,13H,3-4,12H2,1-2H3,(H,23,24)/b11-9+. The van der Waals surface area contributed by atoms with E-state index in [-0.39, 0.29) is 0 Å². The van der Waals surface area contributed by atoms with Crippen LogP contribution >= 0.6 is 0 Å². The highest BCUT2D eigenvalue weighted by Crippen LogP contribution is 2.28. The van der Waals surface area contributed by atoms with E-state index < -0.39 is 23.2 Å². The Bertz CT molecular complexity index is 770. The molecule has 6 heteroatoms. The number of methoxy groups -OCH3 is 1. The zero-order chi connectivity index (χ0) is 18.9. The SMILES string of the molecule is CCCCOc1ccc(/C=C/C(=O)Nc2c(F)cccc2F)cc1OC. The first-order valence-electron chi connectivity index (χ1n) is 8.29. The van der Waals surface area contributed by atoms with E-state index in [1.807, 2.05) is 0 Å². The molecule has 0 spiro atoms. The Hall–Kier alpha value is -2.89. The number of ether oxygens (including phenoxy) is 2. The van der Waals surface area contributed by atoms with Gasteiger partial charge in [0.25, 0.3) is 0 Å². The van der Waals surface area contributed by atoms with Crippen LogP contribution in [0.1, 0.15) is 25.3 Å². The lowest BCUT2D eigenvalue weighted by Crippen LogP contribution is -2.10. The van der Waals surface area contributed by atoms with Crippen LogP contribution in [-0.4, -0.2) is 19.6 Å². The van der Waals surface area contributed by atoms with Gasteiger partial charge < -0.3 is 14.8 Å². The van der Waals surface area contributed by atoms with Gasteiger partial charge in [-0.3, -0.25) is 4.79 Å². The van der Waals surface area contributed by atoms with Crippen molar-refractivity contribution in [2.45, 2.75) is 19.8 Å². The van der Waals surface area contributed by atoms with Gasteiger partial charge in [-0.1, -0.05) is 25.5 Å². The summed E-state index contributed by atoms with van der Waals surface area (Å²) < 4.78 is 38.0. The number of hydrogen-bond acceptors (Lipinski definition) is 3. The van der Waals surface area contributed by atoms with Crippen molar-refractivity contribution in [1.29, 1.82) is 0 Å². The molecule has 2 rings (SSSR count). The molecule has 138 valence electrons. The number of para-hydroxylation sites is 1. The lowest BCUT2D eigenvalue weighted by atomic mass is 10.2. The third-order valence-corrected chi connectivity index (χ3v) is 3.58. The summed E-state index contributed by atoms with van der Waals surface area (Å²) >= 11 is 0. The van der Waals surface area contributed by atoms with Crippen molar-refractivity contribution < 1.29 is 23.0 Å². The molecule has 26 heavy (non-hydrogen) atoms. The maximum atomic E-state index is 13.5. The van der Waals surface area contributed by atoms with Gasteiger partial charge in [-0.25, -0.2) is 8.78 Å². The second-order valence-electron chi connectivity index (χ2n) is 5.53. The molecule has 0 fully saturated rings. The number of carbonyl (C=O) groups excluding carboxylic acids is 1. The Morgan fingerprint density at radius 2 is 1.88 bits per heavy atom. The smallest absolute Gasteiger partial charge is 0.248 e. The van der Waals surface area contributed by atoms with Crippen LogP contribution in [0.3, 0.4) is 0 Å². The molecule has 1 amide bonds. The number of carbonyl (C=O) groups is 1. The van der Waals surface area contributed by atoms with E-state index >= 15 is 0 Å². The summed E-state index contributed by atoms with van der Waals surface area (Å²) in [5, 5.41) is 2.19. The fraction of sp³-hybridized carbons (Fsp3) is 0.250. The van der Waals surface area contributed by atoms with Crippen LogP contribution in [0.15, 0.2) is 42.5 Å². The number of rotatable bonds is 8. The van der Waals surface area contributed by atoms with E-state index in [2.05, 4.69) is 12.2 Å². The first-order valence-corrected chi connectivity index (χ1v) is 8.29. The monoisotopic (exact) mass is 361 g/mol. The summed E-state index contributed by atoms with van der Waals surface area (Å²) in [6.07, 6.45) is 4.68. The van der Waals surface area contributed by atoms with Gasteiger partial charge in [-0.15, -0.1) is 0 Å². The Morgan fingerprint density at radius 1 is 1.15 bits per heavy atom. The number of hydrogen-bond donors (Lipinski definition) is 1. The van der Waals surface area contributed by atoms with E-state index in [4.69, 9.17) is 9.47 Å². The van der Waals surface area contributed by atoms with Crippen molar-refractivity contribution in [3.05, 3.63) is 59.7 Å². The van der Waals surface area contributed by atoms with E-state index in [0.717, 1.165) is 25.0 Å². The fourth-order valence-electron chi connectivity index (χ4n) is 2.19. The second kappa shape index (κ2) is 9.56. The summed E-state index contributed by atoms with van der Waals surface area (Å²) in [6.45, 7) is 2.67. The molecule has 0 saturated carbocycles. The zero-order valence-electron chi connectivity index (χ0n) is 14.7. The van der Waals surface area contributed by atoms with Gasteiger partial charge in [0.2, 0.25) is 5.91 Å². The Morgan fingerprint density at radius 3 is 2.54 bits per heavy atom. The van der Waals surface area contributed by atoms with Crippen molar-refractivity contribution in [3.63, 3.8) is 0 Å². The lowest BCUT2D eigenvalue weighted by molar-refractivity contribution is -0.111. The Balaban J connectivity index is 2.06. The molecule has 2 aromatic carbocycles. The van der Waals surface area contributed by atoms with Gasteiger partial charge in [-0.2, -0.15) is 0 Å². The van der Waals surface area contributed by atoms with Crippen LogP contribution in [-0.2, 0) is 4.79 Å². The number of anilines is 1. The first kappa shape index (κ1) is 19.4. The number of benzene rings is 2. The Kier molecular flexibility index (Phi) is 7.14. The van der Waals surface area contributed by atoms with E-state index in [1.165, 1.54) is 25.3 Å². The van der Waals surface area contributed by atoms with Gasteiger partial charge in [0.05, 0.1) is 13.7 Å². The van der Waals surface area contributed by atoms with Crippen LogP contribution in [0.4, 0.5) is 14.5 Å². The van der Waals surface area contributed by atoms with E-state index in [1.54, 1.807) is 18.2 Å². The largest absolute Gasteiger partial charge is 0.493 e. The van der Waals surface area contributed by atoms with Crippen LogP contribution in [0.25, 0.3) is 6.08 Å². The maximum absolute atomic E-state index is 13.5. The van der Waals surface area contributed by atoms with Crippen LogP contribution in [0, 0.1) is 11.6 Å². The number of amides is 1. The minimum atomic E-state index is -0.831. The molecular formula is C20H21F2NO3. The zero-order valence-corrected chi connectivity index (χ0v) is 14.7. The molecule has 0 aliphatic carbocycles. The molecule has 0 saturated heterocycles. The van der Waals surface area contributed by atoms with E-state index in [0.29, 0.717) is 23.7 Å². The van der Waals surface area contributed by atoms with Gasteiger partial charge in [0.15, 0.2) is 11.5 Å². The summed E-state index contributed by atoms with van der Waals surface area (Å²) in [7, 11) is 1.53. The third kappa shape index (κ3) is 5.31. The van der Waals surface area contributed by atoms with Crippen molar-refractivity contribution >= 4 is 17.7 Å². The van der Waals surface area contributed by atoms with Crippen molar-refractivity contribution in [3.8, 4) is 11.5 Å². The molecule has 0 aliphatic rings. The molecule has 0 unspecified atom stereocenters. The first-order chi connectivity index (χ1) is 12.5. The average Bonchev–Trinajstić information content (AvgIpc) is 2.64. The van der Waals surface area contributed by atoms with Gasteiger partial charge in [0.1, 0.15) is 17.3 Å². The molecule has 0 aromatic heterocycles. The van der Waals surface area contributed by atoms with Gasteiger partial charge in [0, 0.05) is 6.08 Å². The maximum Gasteiger partial charge on any atom is 0.248 e. The highest BCUT2D eigenvalue weighted by Gasteiger charge is 2.10. The molecule has 0 atom stereocenters. The number of nitrogens with one attached hydrogen (secondary N) is 1. The van der Waals surface area contributed by atoms with Crippen LogP contribution in [0.2, 0.25) is 0 Å². The minimum Gasteiger partial charge on any atom is -0.493 e. The summed E-state index contributed by atoms with van der Waals surface area (Å²) in [6, 6.07) is 8.61. The molecule has 1 N–H and O–H groups in total. The predicted molar refractivity (Wildman–Crippen MR) is 97.4 cm³/mol. The topological polar surface area (TPSA) is 47.6 Å². The Labute approximate surface area is 151 Å². The third-order valence-electron chi connectivity index (χ3n) is 3.58. The predicted octanol–water partition coefficient (Wildman–Crippen LogP) is 4.80. The second-order valence-corrected chi connectivity index (χ2v) is 5.53. The van der Waals surface area contributed by atoms with Crippen molar-refractivity contribution in [2.24, 2.45) is 0 Å². The molecule has 0 bridgehead atoms. The summed E-state index contributed by atoms with van der Waals surface area (Å²) in [5.74, 6) is -1.14. The van der Waals surface area contributed by atoms with Gasteiger partial charge in [-0.05, 0) is 42.3 Å². The highest BCUT2D eigenvalue weighted by molar-refractivity contribution is 6.02. The molecule has 0 aliphatic heterocycles. The molecule has 0 heterocycles. The quantitative estimate of drug-likeness (QED) is 0.542.